The number of hydrogen-bond donors (Lipinski definition) is 3. The van der Waals surface area contributed by atoms with Crippen LogP contribution < -0.4 is 16.6 Å². The number of hydrogen-bond acceptors (Lipinski definition) is 4. The summed E-state index contributed by atoms with van der Waals surface area (Å²) in [5.74, 6) is 6.14. The molecule has 104 valence electrons. The number of pyridine rings is 1. The van der Waals surface area contributed by atoms with Crippen molar-refractivity contribution in [1.82, 2.24) is 10.3 Å². The molecule has 0 unspecified atom stereocenters. The molecule has 1 aromatic heterocycles. The first-order valence-corrected chi connectivity index (χ1v) is 6.96. The standard InChI is InChI=1S/C14H22N4O/c1-2-10-3-5-11(6-4-10)17-14(19)12-7-8-16-9-13(12)18-15/h7-11,18H,2-6,15H2,1H3,(H,17,19). The molecule has 1 aliphatic carbocycles. The van der Waals surface area contributed by atoms with Crippen LogP contribution in [0.15, 0.2) is 18.5 Å². The van der Waals surface area contributed by atoms with Crippen LogP contribution >= 0.6 is 0 Å². The van der Waals surface area contributed by atoms with E-state index in [4.69, 9.17) is 5.84 Å². The van der Waals surface area contributed by atoms with Gasteiger partial charge in [0.25, 0.3) is 5.91 Å². The maximum atomic E-state index is 12.2. The molecule has 4 N–H and O–H groups in total. The van der Waals surface area contributed by atoms with Gasteiger partial charge >= 0.3 is 0 Å². The van der Waals surface area contributed by atoms with Crippen LogP contribution in [-0.4, -0.2) is 16.9 Å². The van der Waals surface area contributed by atoms with Crippen molar-refractivity contribution in [1.29, 1.82) is 0 Å². The molecule has 19 heavy (non-hydrogen) atoms. The van der Waals surface area contributed by atoms with Gasteiger partial charge in [0.15, 0.2) is 0 Å². The summed E-state index contributed by atoms with van der Waals surface area (Å²) in [6.07, 6.45) is 8.96. The first-order chi connectivity index (χ1) is 9.24. The monoisotopic (exact) mass is 262 g/mol. The van der Waals surface area contributed by atoms with Crippen molar-refractivity contribution in [3.8, 4) is 0 Å². The van der Waals surface area contributed by atoms with Crippen molar-refractivity contribution >= 4 is 11.6 Å². The van der Waals surface area contributed by atoms with E-state index in [-0.39, 0.29) is 11.9 Å². The topological polar surface area (TPSA) is 80.0 Å². The Morgan fingerprint density at radius 2 is 2.16 bits per heavy atom. The van der Waals surface area contributed by atoms with E-state index in [1.165, 1.54) is 19.3 Å². The summed E-state index contributed by atoms with van der Waals surface area (Å²) in [5.41, 5.74) is 3.62. The quantitative estimate of drug-likeness (QED) is 0.573. The van der Waals surface area contributed by atoms with Gasteiger partial charge in [-0.25, -0.2) is 0 Å². The molecule has 1 fully saturated rings. The van der Waals surface area contributed by atoms with Crippen LogP contribution in [-0.2, 0) is 0 Å². The second-order valence-electron chi connectivity index (χ2n) is 5.16. The average molecular weight is 262 g/mol. The van der Waals surface area contributed by atoms with Gasteiger partial charge in [0, 0.05) is 12.2 Å². The summed E-state index contributed by atoms with van der Waals surface area (Å²) in [6.45, 7) is 2.24. The minimum absolute atomic E-state index is 0.0738. The number of carbonyl (C=O) groups is 1. The highest BCUT2D eigenvalue weighted by atomic mass is 16.1. The average Bonchev–Trinajstić information content (AvgIpc) is 2.48. The maximum Gasteiger partial charge on any atom is 0.253 e. The summed E-state index contributed by atoms with van der Waals surface area (Å²) in [6, 6.07) is 1.97. The largest absolute Gasteiger partial charge is 0.349 e. The molecule has 0 aliphatic heterocycles. The van der Waals surface area contributed by atoms with Crippen LogP contribution in [0.25, 0.3) is 0 Å². The zero-order valence-electron chi connectivity index (χ0n) is 11.4. The fourth-order valence-corrected chi connectivity index (χ4v) is 2.69. The number of nitrogens with one attached hydrogen (secondary N) is 2. The minimum Gasteiger partial charge on any atom is -0.349 e. The van der Waals surface area contributed by atoms with Gasteiger partial charge in [0.1, 0.15) is 0 Å². The molecule has 0 atom stereocenters. The van der Waals surface area contributed by atoms with E-state index in [9.17, 15) is 4.79 Å². The van der Waals surface area contributed by atoms with E-state index in [0.717, 1.165) is 18.8 Å². The predicted molar refractivity (Wildman–Crippen MR) is 75.6 cm³/mol. The van der Waals surface area contributed by atoms with Crippen LogP contribution in [0.3, 0.4) is 0 Å². The van der Waals surface area contributed by atoms with Crippen molar-refractivity contribution in [2.24, 2.45) is 11.8 Å². The molecule has 0 bridgehead atoms. The second-order valence-corrected chi connectivity index (χ2v) is 5.16. The van der Waals surface area contributed by atoms with Crippen LogP contribution in [0.4, 0.5) is 5.69 Å². The van der Waals surface area contributed by atoms with E-state index in [1.807, 2.05) is 0 Å². The zero-order chi connectivity index (χ0) is 13.7. The lowest BCUT2D eigenvalue weighted by Gasteiger charge is -2.28. The molecule has 5 heteroatoms. The van der Waals surface area contributed by atoms with Crippen molar-refractivity contribution < 1.29 is 4.79 Å². The van der Waals surface area contributed by atoms with Gasteiger partial charge in [-0.2, -0.15) is 0 Å². The Kier molecular flexibility index (Phi) is 4.74. The van der Waals surface area contributed by atoms with Gasteiger partial charge in [-0.15, -0.1) is 0 Å². The van der Waals surface area contributed by atoms with Crippen LogP contribution in [0.1, 0.15) is 49.4 Å². The number of hydrazine groups is 1. The van der Waals surface area contributed by atoms with Crippen LogP contribution in [0.5, 0.6) is 0 Å². The summed E-state index contributed by atoms with van der Waals surface area (Å²) >= 11 is 0. The van der Waals surface area contributed by atoms with E-state index < -0.39 is 0 Å². The Labute approximate surface area is 114 Å². The third kappa shape index (κ3) is 3.44. The first-order valence-electron chi connectivity index (χ1n) is 6.96. The van der Waals surface area contributed by atoms with Crippen molar-refractivity contribution in [3.63, 3.8) is 0 Å². The van der Waals surface area contributed by atoms with E-state index >= 15 is 0 Å². The highest BCUT2D eigenvalue weighted by Gasteiger charge is 2.22. The number of nitrogens with two attached hydrogens (primary N) is 1. The molecule has 1 aliphatic rings. The molecular weight excluding hydrogens is 240 g/mol. The molecule has 0 aromatic carbocycles. The van der Waals surface area contributed by atoms with Gasteiger partial charge in [0.05, 0.1) is 17.4 Å². The lowest BCUT2D eigenvalue weighted by atomic mass is 9.84. The van der Waals surface area contributed by atoms with Gasteiger partial charge in [0.2, 0.25) is 0 Å². The minimum atomic E-state index is -0.0738. The Morgan fingerprint density at radius 3 is 2.79 bits per heavy atom. The molecular formula is C14H22N4O. The summed E-state index contributed by atoms with van der Waals surface area (Å²) in [5, 5.41) is 3.09. The fourth-order valence-electron chi connectivity index (χ4n) is 2.69. The Balaban J connectivity index is 1.94. The molecule has 5 nitrogen and oxygen atoms in total. The van der Waals surface area contributed by atoms with Crippen molar-refractivity contribution in [2.75, 3.05) is 5.43 Å². The number of amides is 1. The maximum absolute atomic E-state index is 12.2. The van der Waals surface area contributed by atoms with Crippen molar-refractivity contribution in [2.45, 2.75) is 45.1 Å². The third-order valence-corrected chi connectivity index (χ3v) is 3.98. The molecule has 1 aromatic rings. The number of carbonyl (C=O) groups excluding carboxylic acids is 1. The van der Waals surface area contributed by atoms with Crippen molar-refractivity contribution in [3.05, 3.63) is 24.0 Å². The summed E-state index contributed by atoms with van der Waals surface area (Å²) < 4.78 is 0. The van der Waals surface area contributed by atoms with Gasteiger partial charge in [-0.3, -0.25) is 15.6 Å². The number of aromatic nitrogens is 1. The highest BCUT2D eigenvalue weighted by Crippen LogP contribution is 2.26. The van der Waals surface area contributed by atoms with Gasteiger partial charge in [-0.1, -0.05) is 13.3 Å². The zero-order valence-corrected chi connectivity index (χ0v) is 11.4. The summed E-state index contributed by atoms with van der Waals surface area (Å²) in [4.78, 5) is 16.2. The lowest BCUT2D eigenvalue weighted by Crippen LogP contribution is -2.38. The Morgan fingerprint density at radius 1 is 1.42 bits per heavy atom. The van der Waals surface area contributed by atoms with Gasteiger partial charge < -0.3 is 10.7 Å². The normalized spacial score (nSPS) is 22.8. The smallest absolute Gasteiger partial charge is 0.253 e. The molecule has 1 heterocycles. The number of anilines is 1. The molecule has 1 saturated carbocycles. The molecule has 1 amide bonds. The molecule has 2 rings (SSSR count). The Bertz CT molecular complexity index is 427. The molecule has 0 saturated heterocycles. The molecule has 0 radical (unpaired) electrons. The van der Waals surface area contributed by atoms with Crippen LogP contribution in [0.2, 0.25) is 0 Å². The lowest BCUT2D eigenvalue weighted by molar-refractivity contribution is 0.0922. The third-order valence-electron chi connectivity index (χ3n) is 3.98. The first kappa shape index (κ1) is 13.8. The van der Waals surface area contributed by atoms with E-state index in [0.29, 0.717) is 11.3 Å². The number of nitrogen functional groups attached to an aromatic ring is 1. The predicted octanol–water partition coefficient (Wildman–Crippen LogP) is 2.07. The fraction of sp³-hybridized carbons (Fsp3) is 0.571. The second kappa shape index (κ2) is 6.52. The Hall–Kier alpha value is -1.62. The molecule has 0 spiro atoms. The van der Waals surface area contributed by atoms with Gasteiger partial charge in [-0.05, 0) is 37.7 Å². The van der Waals surface area contributed by atoms with E-state index in [1.54, 1.807) is 18.5 Å². The van der Waals surface area contributed by atoms with E-state index in [2.05, 4.69) is 22.7 Å². The SMILES string of the molecule is CCC1CCC(NC(=O)c2ccncc2NN)CC1. The number of nitrogens with zero attached hydrogens (tertiary/aromatic N) is 1. The number of rotatable bonds is 4. The highest BCUT2D eigenvalue weighted by molar-refractivity contribution is 5.99. The summed E-state index contributed by atoms with van der Waals surface area (Å²) in [7, 11) is 0. The van der Waals surface area contributed by atoms with Crippen LogP contribution in [0, 0.1) is 5.92 Å².